The maximum absolute atomic E-state index is 15.5. The number of carbonyl (C=O) groups is 1. The summed E-state index contributed by atoms with van der Waals surface area (Å²) in [6.07, 6.45) is 6.08. The van der Waals surface area contributed by atoms with E-state index in [0.29, 0.717) is 101 Å². The van der Waals surface area contributed by atoms with E-state index in [4.69, 9.17) is 18.8 Å². The van der Waals surface area contributed by atoms with Gasteiger partial charge in [0.05, 0.1) is 28.6 Å². The van der Waals surface area contributed by atoms with Gasteiger partial charge < -0.3 is 18.6 Å². The Hall–Kier alpha value is -7.01. The smallest absolute Gasteiger partial charge is 0.408 e. The Morgan fingerprint density at radius 3 is 2.37 bits per heavy atom. The molecule has 3 atom stereocenters. The number of aromatic amines is 1. The van der Waals surface area contributed by atoms with Gasteiger partial charge in [0.1, 0.15) is 22.9 Å². The van der Waals surface area contributed by atoms with Crippen molar-refractivity contribution in [3.63, 3.8) is 0 Å². The van der Waals surface area contributed by atoms with E-state index in [1.54, 1.807) is 68.3 Å². The number of hydrogen-bond donors (Lipinski definition) is 1. The molecule has 5 aromatic heterocycles. The second-order valence-corrected chi connectivity index (χ2v) is 17.4. The maximum atomic E-state index is 15.5. The second-order valence-electron chi connectivity index (χ2n) is 17.4. The molecule has 8 aromatic rings. The van der Waals surface area contributed by atoms with Crippen LogP contribution in [0.5, 0.6) is 0 Å². The Labute approximate surface area is 357 Å². The molecule has 1 saturated heterocycles. The molecule has 7 heterocycles. The van der Waals surface area contributed by atoms with Gasteiger partial charge in [-0.05, 0) is 111 Å². The fraction of sp³-hybridized carbons (Fsp3) is 0.348. The van der Waals surface area contributed by atoms with Gasteiger partial charge in [0.15, 0.2) is 11.4 Å². The van der Waals surface area contributed by atoms with E-state index in [1.807, 2.05) is 22.5 Å². The van der Waals surface area contributed by atoms with Crippen LogP contribution in [0.4, 0.5) is 4.39 Å². The Kier molecular flexibility index (Phi) is 8.64. The molecule has 11 rings (SSSR count). The van der Waals surface area contributed by atoms with E-state index in [1.165, 1.54) is 19.3 Å². The summed E-state index contributed by atoms with van der Waals surface area (Å²) in [4.78, 5) is 59.4. The van der Waals surface area contributed by atoms with Crippen LogP contribution in [0.25, 0.3) is 39.2 Å². The predicted octanol–water partition coefficient (Wildman–Crippen LogP) is 6.08. The summed E-state index contributed by atoms with van der Waals surface area (Å²) in [5, 5.41) is 10.1. The highest BCUT2D eigenvalue weighted by molar-refractivity contribution is 6.00. The van der Waals surface area contributed by atoms with Crippen LogP contribution in [0.3, 0.4) is 0 Å². The predicted molar refractivity (Wildman–Crippen MR) is 229 cm³/mol. The number of oxazole rings is 1. The van der Waals surface area contributed by atoms with E-state index in [2.05, 4.69) is 35.3 Å². The van der Waals surface area contributed by atoms with Gasteiger partial charge in [-0.25, -0.2) is 23.5 Å². The number of benzene rings is 3. The van der Waals surface area contributed by atoms with E-state index in [-0.39, 0.29) is 17.6 Å². The number of nitrogens with zero attached hydrogens (tertiary/aromatic N) is 8. The summed E-state index contributed by atoms with van der Waals surface area (Å²) in [5.74, 6) is -0.642. The van der Waals surface area contributed by atoms with Crippen molar-refractivity contribution in [2.45, 2.75) is 70.9 Å². The summed E-state index contributed by atoms with van der Waals surface area (Å²) in [6.45, 7) is 9.08. The molecule has 17 heteroatoms. The fourth-order valence-corrected chi connectivity index (χ4v) is 10.2. The third kappa shape index (κ3) is 5.81. The van der Waals surface area contributed by atoms with E-state index in [0.717, 1.165) is 23.7 Å². The van der Waals surface area contributed by atoms with Crippen LogP contribution < -0.4 is 17.2 Å². The summed E-state index contributed by atoms with van der Waals surface area (Å²) in [6, 6.07) is 16.2. The minimum Gasteiger partial charge on any atom is -0.408 e. The van der Waals surface area contributed by atoms with Gasteiger partial charge in [-0.15, -0.1) is 0 Å². The first-order valence-corrected chi connectivity index (χ1v) is 21.2. The van der Waals surface area contributed by atoms with Gasteiger partial charge in [-0.3, -0.25) is 28.0 Å². The van der Waals surface area contributed by atoms with E-state index < -0.39 is 28.8 Å². The lowest BCUT2D eigenvalue weighted by atomic mass is 9.91. The van der Waals surface area contributed by atoms with Crippen LogP contribution in [-0.2, 0) is 23.7 Å². The van der Waals surface area contributed by atoms with Crippen molar-refractivity contribution in [1.29, 1.82) is 0 Å². The first kappa shape index (κ1) is 38.9. The number of aryl methyl sites for hydroxylation is 3. The first-order chi connectivity index (χ1) is 30.3. The number of H-pyrrole nitrogens is 1. The fourth-order valence-electron chi connectivity index (χ4n) is 10.2. The molecule has 0 spiro atoms. The normalized spacial score (nSPS) is 20.3. The van der Waals surface area contributed by atoms with Crippen molar-refractivity contribution < 1.29 is 22.9 Å². The molecule has 3 unspecified atom stereocenters. The molecule has 3 aromatic carbocycles. The molecule has 3 aliphatic rings. The van der Waals surface area contributed by atoms with E-state index >= 15 is 9.18 Å². The van der Waals surface area contributed by atoms with Crippen molar-refractivity contribution >= 4 is 27.9 Å². The minimum atomic E-state index is -0.834. The number of hydrogen-bond acceptors (Lipinski definition) is 9. The van der Waals surface area contributed by atoms with E-state index in [9.17, 15) is 14.4 Å². The number of amides is 1. The maximum Gasteiger partial charge on any atom is 0.438 e. The Balaban J connectivity index is 1.06. The molecule has 2 fully saturated rings. The highest BCUT2D eigenvalue weighted by Crippen LogP contribution is 2.56. The number of carbonyl (C=O) groups excluding carboxylic acids is 1. The van der Waals surface area contributed by atoms with Gasteiger partial charge >= 0.3 is 17.2 Å². The van der Waals surface area contributed by atoms with Gasteiger partial charge in [-0.2, -0.15) is 5.10 Å². The monoisotopic (exact) mass is 853 g/mol. The average Bonchev–Trinajstić information content (AvgIpc) is 3.87. The largest absolute Gasteiger partial charge is 0.438 e. The average molecular weight is 854 g/mol. The lowest BCUT2D eigenvalue weighted by Gasteiger charge is -2.34. The Bertz CT molecular complexity index is 3350. The number of imidazole rings is 1. The van der Waals surface area contributed by atoms with Crippen molar-refractivity contribution in [1.82, 2.24) is 43.1 Å². The van der Waals surface area contributed by atoms with Crippen LogP contribution in [-0.4, -0.2) is 68.8 Å². The van der Waals surface area contributed by atoms with Crippen molar-refractivity contribution in [2.75, 3.05) is 19.8 Å². The molecule has 0 radical (unpaired) electrons. The number of nitrogens with one attached hydrogen (secondary N) is 1. The lowest BCUT2D eigenvalue weighted by molar-refractivity contribution is 0.0663. The molecule has 63 heavy (non-hydrogen) atoms. The summed E-state index contributed by atoms with van der Waals surface area (Å²) >= 11 is 0. The SMILES string of the molecule is Cc1cc(-n2nc3c(c2-n2ccn(-c4ccc5c(c4)oc(=O)n5C)c2=O)C(C)N(C(=O)c2cc4cc(C5CCOCC5)ccc4n2C2(c4noc(=O)[nH]4)CC2C)CC3)cc(C)c1F. The van der Waals surface area contributed by atoms with Gasteiger partial charge in [-0.1, -0.05) is 18.1 Å². The molecule has 1 amide bonds. The molecular weight excluding hydrogens is 810 g/mol. The van der Waals surface area contributed by atoms with Gasteiger partial charge in [0, 0.05) is 68.2 Å². The zero-order valence-electron chi connectivity index (χ0n) is 35.3. The van der Waals surface area contributed by atoms with Crippen LogP contribution in [0.15, 0.2) is 90.3 Å². The summed E-state index contributed by atoms with van der Waals surface area (Å²) in [7, 11) is 1.61. The Morgan fingerprint density at radius 2 is 1.65 bits per heavy atom. The van der Waals surface area contributed by atoms with Gasteiger partial charge in [0.25, 0.3) is 5.91 Å². The minimum absolute atomic E-state index is 0.0166. The highest BCUT2D eigenvalue weighted by Gasteiger charge is 2.59. The number of rotatable bonds is 7. The quantitative estimate of drug-likeness (QED) is 0.199. The van der Waals surface area contributed by atoms with Crippen LogP contribution in [0.1, 0.15) is 89.3 Å². The molecule has 322 valence electrons. The third-order valence-corrected chi connectivity index (χ3v) is 13.7. The van der Waals surface area contributed by atoms with Crippen molar-refractivity contribution in [3.8, 4) is 17.2 Å². The molecule has 0 bridgehead atoms. The number of aromatic nitrogens is 8. The summed E-state index contributed by atoms with van der Waals surface area (Å²) in [5.41, 5.74) is 5.32. The topological polar surface area (TPSA) is 173 Å². The molecule has 16 nitrogen and oxygen atoms in total. The van der Waals surface area contributed by atoms with Crippen molar-refractivity contribution in [3.05, 3.63) is 144 Å². The molecule has 1 saturated carbocycles. The number of ether oxygens (including phenoxy) is 1. The number of fused-ring (bicyclic) bond motifs is 3. The zero-order chi connectivity index (χ0) is 43.6. The van der Waals surface area contributed by atoms with Crippen LogP contribution in [0.2, 0.25) is 0 Å². The zero-order valence-corrected chi connectivity index (χ0v) is 35.3. The molecule has 1 aliphatic carbocycles. The standard InChI is InChI=1S/C46H44FN9O7/c1-24-18-32(19-25(2)39(24)47)56-40(54-15-14-53(44(54)59)31-7-9-35-37(22-31)62-45(60)51(35)5)38-27(4)52(13-10-33(38)49-56)41(57)36-21-30-20-29(28-11-16-61-17-12-28)6-8-34(30)55(36)46(23-26(46)3)42-48-43(58)63-50-42/h6-9,14-15,18-22,26-28H,10-13,16-17,23H2,1-5H3,(H,48,50,58). The van der Waals surface area contributed by atoms with Crippen molar-refractivity contribution in [2.24, 2.45) is 13.0 Å². The molecule has 1 N–H and O–H groups in total. The number of halogens is 1. The Morgan fingerprint density at radius 1 is 0.921 bits per heavy atom. The molecular formula is C46H44FN9O7. The van der Waals surface area contributed by atoms with Crippen LogP contribution in [0, 0.1) is 25.6 Å². The summed E-state index contributed by atoms with van der Waals surface area (Å²) < 4.78 is 39.2. The highest BCUT2D eigenvalue weighted by atomic mass is 19.1. The van der Waals surface area contributed by atoms with Gasteiger partial charge in [0.2, 0.25) is 0 Å². The molecule has 2 aliphatic heterocycles. The van der Waals surface area contributed by atoms with Crippen LogP contribution >= 0.6 is 0 Å². The lowest BCUT2D eigenvalue weighted by Crippen LogP contribution is -2.41. The second kappa shape index (κ2) is 14.0. The first-order valence-electron chi connectivity index (χ1n) is 21.2. The third-order valence-electron chi connectivity index (χ3n) is 13.7.